The highest BCUT2D eigenvalue weighted by molar-refractivity contribution is 7.92. The standard InChI is InChI=1S/C9H21NO4S2/c1-3-15(11,12)6-4-7-16(13,14)8-5-9(2)10/h9H,3-8,10H2,1-2H3. The van der Waals surface area contributed by atoms with E-state index in [1.54, 1.807) is 13.8 Å². The first-order valence-corrected chi connectivity index (χ1v) is 8.99. The molecule has 0 aliphatic heterocycles. The Labute approximate surface area is 98.2 Å². The highest BCUT2D eigenvalue weighted by Gasteiger charge is 2.14. The van der Waals surface area contributed by atoms with E-state index < -0.39 is 19.7 Å². The SMILES string of the molecule is CCS(=O)(=O)CCCS(=O)(=O)CCC(C)N. The normalized spacial score (nSPS) is 14.9. The predicted molar refractivity (Wildman–Crippen MR) is 65.9 cm³/mol. The lowest BCUT2D eigenvalue weighted by molar-refractivity contribution is 0.584. The van der Waals surface area contributed by atoms with E-state index in [9.17, 15) is 16.8 Å². The molecule has 0 saturated carbocycles. The molecule has 7 heteroatoms. The molecule has 0 aliphatic carbocycles. The zero-order valence-corrected chi connectivity index (χ0v) is 11.5. The second-order valence-electron chi connectivity index (χ2n) is 4.01. The van der Waals surface area contributed by atoms with Crippen LogP contribution in [-0.4, -0.2) is 45.9 Å². The molecule has 0 amide bonds. The van der Waals surface area contributed by atoms with Crippen LogP contribution in [0.4, 0.5) is 0 Å². The van der Waals surface area contributed by atoms with Crippen molar-refractivity contribution >= 4 is 19.7 Å². The van der Waals surface area contributed by atoms with Gasteiger partial charge in [0.05, 0.1) is 17.3 Å². The van der Waals surface area contributed by atoms with E-state index in [1.807, 2.05) is 0 Å². The first kappa shape index (κ1) is 15.9. The minimum atomic E-state index is -3.15. The summed E-state index contributed by atoms with van der Waals surface area (Å²) in [5, 5.41) is 0. The summed E-state index contributed by atoms with van der Waals surface area (Å²) in [5.74, 6) is -0.0242. The minimum Gasteiger partial charge on any atom is -0.328 e. The van der Waals surface area contributed by atoms with E-state index in [0.717, 1.165) is 0 Å². The average molecular weight is 271 g/mol. The topological polar surface area (TPSA) is 94.3 Å². The summed E-state index contributed by atoms with van der Waals surface area (Å²) in [4.78, 5) is 0. The van der Waals surface area contributed by atoms with E-state index >= 15 is 0 Å². The zero-order chi connectivity index (χ0) is 12.8. The Kier molecular flexibility index (Phi) is 6.50. The van der Waals surface area contributed by atoms with Crippen LogP contribution < -0.4 is 5.73 Å². The van der Waals surface area contributed by atoms with Gasteiger partial charge >= 0.3 is 0 Å². The molecular weight excluding hydrogens is 250 g/mol. The van der Waals surface area contributed by atoms with Gasteiger partial charge in [0.1, 0.15) is 19.7 Å². The molecule has 0 aromatic rings. The summed E-state index contributed by atoms with van der Waals surface area (Å²) in [6.07, 6.45) is 0.598. The molecule has 0 rings (SSSR count). The first-order chi connectivity index (χ1) is 7.18. The van der Waals surface area contributed by atoms with Crippen LogP contribution in [0.25, 0.3) is 0 Å². The summed E-state index contributed by atoms with van der Waals surface area (Å²) in [5.41, 5.74) is 5.46. The maximum atomic E-state index is 11.5. The second-order valence-corrected chi connectivity index (χ2v) is 8.78. The summed E-state index contributed by atoms with van der Waals surface area (Å²) in [6.45, 7) is 3.30. The molecule has 0 aromatic heterocycles. The molecule has 0 spiro atoms. The third kappa shape index (κ3) is 8.06. The number of nitrogens with two attached hydrogens (primary N) is 1. The van der Waals surface area contributed by atoms with Gasteiger partial charge in [-0.3, -0.25) is 0 Å². The molecule has 1 atom stereocenters. The van der Waals surface area contributed by atoms with Gasteiger partial charge in [0.2, 0.25) is 0 Å². The molecule has 0 aliphatic rings. The molecule has 1 unspecified atom stereocenters. The van der Waals surface area contributed by atoms with Crippen LogP contribution in [-0.2, 0) is 19.7 Å². The van der Waals surface area contributed by atoms with Crippen molar-refractivity contribution < 1.29 is 16.8 Å². The highest BCUT2D eigenvalue weighted by atomic mass is 32.2. The number of hydrogen-bond acceptors (Lipinski definition) is 5. The van der Waals surface area contributed by atoms with Gasteiger partial charge in [-0.2, -0.15) is 0 Å². The van der Waals surface area contributed by atoms with Crippen LogP contribution in [0.1, 0.15) is 26.7 Å². The van der Waals surface area contributed by atoms with Crippen molar-refractivity contribution in [1.29, 1.82) is 0 Å². The van der Waals surface area contributed by atoms with Gasteiger partial charge < -0.3 is 5.73 Å². The van der Waals surface area contributed by atoms with Crippen molar-refractivity contribution in [2.75, 3.05) is 23.0 Å². The molecule has 0 radical (unpaired) electrons. The van der Waals surface area contributed by atoms with Gasteiger partial charge in [-0.15, -0.1) is 0 Å². The molecule has 2 N–H and O–H groups in total. The Morgan fingerprint density at radius 2 is 1.50 bits per heavy atom. The van der Waals surface area contributed by atoms with Crippen LogP contribution in [0.5, 0.6) is 0 Å². The number of sulfone groups is 2. The lowest BCUT2D eigenvalue weighted by atomic mass is 10.3. The van der Waals surface area contributed by atoms with E-state index in [-0.39, 0.29) is 35.5 Å². The lowest BCUT2D eigenvalue weighted by Gasteiger charge is -2.06. The van der Waals surface area contributed by atoms with E-state index in [1.165, 1.54) is 0 Å². The van der Waals surface area contributed by atoms with Gasteiger partial charge in [0.15, 0.2) is 0 Å². The average Bonchev–Trinajstić information content (AvgIpc) is 2.14. The Morgan fingerprint density at radius 1 is 1.00 bits per heavy atom. The Hall–Kier alpha value is -0.140. The molecule has 0 bridgehead atoms. The van der Waals surface area contributed by atoms with Crippen molar-refractivity contribution in [3.05, 3.63) is 0 Å². The van der Waals surface area contributed by atoms with Gasteiger partial charge in [0, 0.05) is 11.8 Å². The van der Waals surface area contributed by atoms with Gasteiger partial charge in [0.25, 0.3) is 0 Å². The lowest BCUT2D eigenvalue weighted by Crippen LogP contribution is -2.22. The molecular formula is C9H21NO4S2. The van der Waals surface area contributed by atoms with E-state index in [0.29, 0.717) is 6.42 Å². The van der Waals surface area contributed by atoms with E-state index in [4.69, 9.17) is 5.73 Å². The molecule has 0 fully saturated rings. The summed E-state index contributed by atoms with van der Waals surface area (Å²) in [6, 6.07) is -0.144. The van der Waals surface area contributed by atoms with E-state index in [2.05, 4.69) is 0 Å². The molecule has 5 nitrogen and oxygen atoms in total. The Bertz CT molecular complexity index is 384. The third-order valence-corrected chi connectivity index (χ3v) is 5.79. The fraction of sp³-hybridized carbons (Fsp3) is 1.00. The summed E-state index contributed by atoms with van der Waals surface area (Å²) >= 11 is 0. The maximum Gasteiger partial charge on any atom is 0.150 e. The van der Waals surface area contributed by atoms with Crippen molar-refractivity contribution in [2.24, 2.45) is 5.73 Å². The van der Waals surface area contributed by atoms with Crippen LogP contribution in [0.15, 0.2) is 0 Å². The molecule has 16 heavy (non-hydrogen) atoms. The minimum absolute atomic E-state index is 0.0385. The van der Waals surface area contributed by atoms with Gasteiger partial charge in [-0.05, 0) is 19.8 Å². The largest absolute Gasteiger partial charge is 0.328 e. The van der Waals surface area contributed by atoms with Crippen LogP contribution in [0.3, 0.4) is 0 Å². The molecule has 0 saturated heterocycles. The molecule has 98 valence electrons. The fourth-order valence-electron chi connectivity index (χ4n) is 1.11. The maximum absolute atomic E-state index is 11.5. The second kappa shape index (κ2) is 6.56. The van der Waals surface area contributed by atoms with Gasteiger partial charge in [-0.25, -0.2) is 16.8 Å². The van der Waals surface area contributed by atoms with Gasteiger partial charge in [-0.1, -0.05) is 6.92 Å². The Morgan fingerprint density at radius 3 is 1.94 bits per heavy atom. The third-order valence-electron chi connectivity index (χ3n) is 2.23. The van der Waals surface area contributed by atoms with Crippen molar-refractivity contribution in [3.63, 3.8) is 0 Å². The number of rotatable bonds is 8. The van der Waals surface area contributed by atoms with Crippen LogP contribution >= 0.6 is 0 Å². The van der Waals surface area contributed by atoms with Crippen molar-refractivity contribution in [1.82, 2.24) is 0 Å². The Balaban J connectivity index is 4.02. The fourth-order valence-corrected chi connectivity index (χ4v) is 3.69. The van der Waals surface area contributed by atoms with Crippen molar-refractivity contribution in [3.8, 4) is 0 Å². The van der Waals surface area contributed by atoms with Crippen LogP contribution in [0.2, 0.25) is 0 Å². The molecule has 0 heterocycles. The summed E-state index contributed by atoms with van der Waals surface area (Å²) in [7, 11) is -6.21. The quantitative estimate of drug-likeness (QED) is 0.668. The number of hydrogen-bond donors (Lipinski definition) is 1. The van der Waals surface area contributed by atoms with Crippen molar-refractivity contribution in [2.45, 2.75) is 32.7 Å². The van der Waals surface area contributed by atoms with Crippen LogP contribution in [0, 0.1) is 0 Å². The predicted octanol–water partition coefficient (Wildman–Crippen LogP) is -0.0367. The zero-order valence-electron chi connectivity index (χ0n) is 9.85. The monoisotopic (exact) mass is 271 g/mol. The first-order valence-electron chi connectivity index (χ1n) is 5.35. The summed E-state index contributed by atoms with van der Waals surface area (Å²) < 4.78 is 45.2. The highest BCUT2D eigenvalue weighted by Crippen LogP contribution is 2.01. The smallest absolute Gasteiger partial charge is 0.150 e. The molecule has 0 aromatic carbocycles.